The predicted octanol–water partition coefficient (Wildman–Crippen LogP) is -1.08. The van der Waals surface area contributed by atoms with Gasteiger partial charge in [0.1, 0.15) is 0 Å². The van der Waals surface area contributed by atoms with Crippen molar-refractivity contribution in [2.24, 2.45) is 0 Å². The van der Waals surface area contributed by atoms with Crippen LogP contribution < -0.4 is 10.6 Å². The summed E-state index contributed by atoms with van der Waals surface area (Å²) >= 11 is 3.93. The maximum absolute atomic E-state index is 11.0. The molecule has 82 valence electrons. The number of hydrogen-bond donors (Lipinski definition) is 4. The van der Waals surface area contributed by atoms with Crippen LogP contribution in [0.2, 0.25) is 0 Å². The lowest BCUT2D eigenvalue weighted by atomic mass is 10.3. The highest BCUT2D eigenvalue weighted by atomic mass is 32.1. The smallest absolute Gasteiger partial charge is 0.220 e. The number of rotatable bonds is 7. The minimum Gasteiger partial charge on any atom is -0.395 e. The van der Waals surface area contributed by atoms with Crippen molar-refractivity contribution in [2.45, 2.75) is 12.8 Å². The average molecular weight is 220 g/mol. The maximum atomic E-state index is 11.0. The molecule has 0 saturated heterocycles. The van der Waals surface area contributed by atoms with Crippen LogP contribution in [0, 0.1) is 0 Å². The van der Waals surface area contributed by atoms with E-state index in [1.165, 1.54) is 0 Å². The summed E-state index contributed by atoms with van der Waals surface area (Å²) in [5.41, 5.74) is 0. The van der Waals surface area contributed by atoms with Crippen molar-refractivity contribution in [1.82, 2.24) is 10.6 Å². The molecule has 6 heteroatoms. The number of nitrogens with one attached hydrogen (secondary N) is 2. The number of carbonyl (C=O) groups is 2. The van der Waals surface area contributed by atoms with Crippen molar-refractivity contribution in [2.75, 3.05) is 25.4 Å². The lowest BCUT2D eigenvalue weighted by Gasteiger charge is -2.03. The molecule has 0 unspecified atom stereocenters. The second-order valence-electron chi connectivity index (χ2n) is 2.65. The average Bonchev–Trinajstić information content (AvgIpc) is 2.20. The third-order valence-electron chi connectivity index (χ3n) is 1.45. The molecular weight excluding hydrogens is 204 g/mol. The number of aliphatic hydroxyl groups excluding tert-OH is 1. The van der Waals surface area contributed by atoms with Crippen molar-refractivity contribution >= 4 is 24.4 Å². The first-order valence-electron chi connectivity index (χ1n) is 4.45. The summed E-state index contributed by atoms with van der Waals surface area (Å²) in [5, 5.41) is 13.5. The molecule has 0 aliphatic heterocycles. The Labute approximate surface area is 88.7 Å². The van der Waals surface area contributed by atoms with Crippen LogP contribution in [0.1, 0.15) is 12.8 Å². The molecule has 0 spiro atoms. The Morgan fingerprint density at radius 3 is 2.00 bits per heavy atom. The van der Waals surface area contributed by atoms with Gasteiger partial charge in [-0.2, -0.15) is 12.6 Å². The SMILES string of the molecule is O=C(CCC(=O)NCCS)NCCO. The molecule has 0 saturated carbocycles. The molecule has 0 radical (unpaired) electrons. The van der Waals surface area contributed by atoms with Crippen LogP contribution in [-0.2, 0) is 9.59 Å². The molecule has 0 aliphatic rings. The first-order chi connectivity index (χ1) is 6.70. The van der Waals surface area contributed by atoms with Crippen LogP contribution in [0.5, 0.6) is 0 Å². The van der Waals surface area contributed by atoms with Crippen molar-refractivity contribution in [3.63, 3.8) is 0 Å². The van der Waals surface area contributed by atoms with Crippen molar-refractivity contribution in [3.8, 4) is 0 Å². The molecule has 0 bridgehead atoms. The Morgan fingerprint density at radius 2 is 1.57 bits per heavy atom. The van der Waals surface area contributed by atoms with Gasteiger partial charge in [-0.3, -0.25) is 9.59 Å². The highest BCUT2D eigenvalue weighted by Gasteiger charge is 2.04. The van der Waals surface area contributed by atoms with E-state index in [1.54, 1.807) is 0 Å². The van der Waals surface area contributed by atoms with Gasteiger partial charge in [0.25, 0.3) is 0 Å². The van der Waals surface area contributed by atoms with E-state index in [-0.39, 0.29) is 37.8 Å². The molecule has 0 heterocycles. The van der Waals surface area contributed by atoms with Gasteiger partial charge in [-0.25, -0.2) is 0 Å². The van der Waals surface area contributed by atoms with Crippen LogP contribution in [-0.4, -0.2) is 42.4 Å². The molecule has 5 nitrogen and oxygen atoms in total. The minimum absolute atomic E-state index is 0.0857. The van der Waals surface area contributed by atoms with E-state index in [0.717, 1.165) is 0 Å². The van der Waals surface area contributed by atoms with E-state index in [9.17, 15) is 9.59 Å². The number of thiol groups is 1. The second-order valence-corrected chi connectivity index (χ2v) is 3.09. The maximum Gasteiger partial charge on any atom is 0.220 e. The lowest BCUT2D eigenvalue weighted by Crippen LogP contribution is -2.30. The summed E-state index contributed by atoms with van der Waals surface area (Å²) < 4.78 is 0. The fraction of sp³-hybridized carbons (Fsp3) is 0.750. The fourth-order valence-corrected chi connectivity index (χ4v) is 0.906. The number of hydrogen-bond acceptors (Lipinski definition) is 4. The van der Waals surface area contributed by atoms with Crippen LogP contribution in [0.15, 0.2) is 0 Å². The van der Waals surface area contributed by atoms with E-state index in [4.69, 9.17) is 5.11 Å². The van der Waals surface area contributed by atoms with Gasteiger partial charge in [-0.15, -0.1) is 0 Å². The Kier molecular flexibility index (Phi) is 8.36. The lowest BCUT2D eigenvalue weighted by molar-refractivity contribution is -0.126. The molecule has 0 fully saturated rings. The van der Waals surface area contributed by atoms with E-state index >= 15 is 0 Å². The molecule has 3 N–H and O–H groups in total. The summed E-state index contributed by atoms with van der Waals surface area (Å²) in [6, 6.07) is 0. The highest BCUT2D eigenvalue weighted by molar-refractivity contribution is 7.80. The molecule has 0 atom stereocenters. The molecular formula is C8H16N2O3S. The quantitative estimate of drug-likeness (QED) is 0.412. The topological polar surface area (TPSA) is 78.4 Å². The van der Waals surface area contributed by atoms with Gasteiger partial charge in [-0.1, -0.05) is 0 Å². The van der Waals surface area contributed by atoms with Gasteiger partial charge in [-0.05, 0) is 0 Å². The van der Waals surface area contributed by atoms with Crippen LogP contribution in [0.4, 0.5) is 0 Å². The van der Waals surface area contributed by atoms with Crippen molar-refractivity contribution < 1.29 is 14.7 Å². The van der Waals surface area contributed by atoms with E-state index in [0.29, 0.717) is 12.3 Å². The molecule has 0 aliphatic carbocycles. The molecule has 0 rings (SSSR count). The van der Waals surface area contributed by atoms with E-state index in [2.05, 4.69) is 23.3 Å². The summed E-state index contributed by atoms with van der Waals surface area (Å²) in [6.07, 6.45) is 0.323. The zero-order valence-corrected chi connectivity index (χ0v) is 8.85. The standard InChI is InChI=1S/C8H16N2O3S/c11-5-3-9-7(12)1-2-8(13)10-4-6-14/h11,14H,1-6H2,(H,9,12)(H,10,13). The van der Waals surface area contributed by atoms with Gasteiger partial charge < -0.3 is 15.7 Å². The summed E-state index contributed by atoms with van der Waals surface area (Å²) in [7, 11) is 0. The van der Waals surface area contributed by atoms with Gasteiger partial charge in [0.05, 0.1) is 6.61 Å². The highest BCUT2D eigenvalue weighted by Crippen LogP contribution is 1.88. The molecule has 0 aromatic carbocycles. The fourth-order valence-electron chi connectivity index (χ4n) is 0.794. The summed E-state index contributed by atoms with van der Waals surface area (Å²) in [6.45, 7) is 0.662. The number of aliphatic hydroxyl groups is 1. The third-order valence-corrected chi connectivity index (χ3v) is 1.67. The first-order valence-corrected chi connectivity index (χ1v) is 5.09. The Bertz CT molecular complexity index is 167. The normalized spacial score (nSPS) is 9.57. The van der Waals surface area contributed by atoms with Crippen molar-refractivity contribution in [1.29, 1.82) is 0 Å². The monoisotopic (exact) mass is 220 g/mol. The Morgan fingerprint density at radius 1 is 1.07 bits per heavy atom. The van der Waals surface area contributed by atoms with Crippen LogP contribution >= 0.6 is 12.6 Å². The number of carbonyl (C=O) groups excluding carboxylic acids is 2. The van der Waals surface area contributed by atoms with Crippen LogP contribution in [0.25, 0.3) is 0 Å². The van der Waals surface area contributed by atoms with E-state index < -0.39 is 0 Å². The van der Waals surface area contributed by atoms with Crippen molar-refractivity contribution in [3.05, 3.63) is 0 Å². The molecule has 0 aromatic heterocycles. The minimum atomic E-state index is -0.222. The Hall–Kier alpha value is -0.750. The van der Waals surface area contributed by atoms with Gasteiger partial charge in [0.15, 0.2) is 0 Å². The predicted molar refractivity (Wildman–Crippen MR) is 56.2 cm³/mol. The second kappa shape index (κ2) is 8.83. The van der Waals surface area contributed by atoms with Gasteiger partial charge in [0.2, 0.25) is 11.8 Å². The van der Waals surface area contributed by atoms with E-state index in [1.807, 2.05) is 0 Å². The molecule has 0 aromatic rings. The largest absolute Gasteiger partial charge is 0.395 e. The first kappa shape index (κ1) is 13.2. The van der Waals surface area contributed by atoms with Crippen LogP contribution in [0.3, 0.4) is 0 Å². The summed E-state index contributed by atoms with van der Waals surface area (Å²) in [5.74, 6) is 0.209. The van der Waals surface area contributed by atoms with Gasteiger partial charge >= 0.3 is 0 Å². The Balaban J connectivity index is 3.41. The zero-order chi connectivity index (χ0) is 10.8. The van der Waals surface area contributed by atoms with Gasteiger partial charge in [0, 0.05) is 31.7 Å². The third kappa shape index (κ3) is 7.88. The molecule has 2 amide bonds. The number of amides is 2. The molecule has 14 heavy (non-hydrogen) atoms. The zero-order valence-electron chi connectivity index (χ0n) is 7.95. The summed E-state index contributed by atoms with van der Waals surface area (Å²) in [4.78, 5) is 22.0.